The lowest BCUT2D eigenvalue weighted by molar-refractivity contribution is -0.115. The number of hydrogen-bond acceptors (Lipinski definition) is 6. The average molecular weight is 425 g/mol. The SMILES string of the molecule is C=CCn1c(COc2ccc(OC)cc2)nnc1SC(C)C(=O)Nc1ccccc1. The van der Waals surface area contributed by atoms with Crippen molar-refractivity contribution in [2.24, 2.45) is 0 Å². The number of para-hydroxylation sites is 1. The number of thioether (sulfide) groups is 1. The van der Waals surface area contributed by atoms with Crippen molar-refractivity contribution in [1.82, 2.24) is 14.8 Å². The van der Waals surface area contributed by atoms with Crippen LogP contribution < -0.4 is 14.8 Å². The second kappa shape index (κ2) is 10.5. The molecule has 0 aliphatic carbocycles. The van der Waals surface area contributed by atoms with Gasteiger partial charge in [-0.3, -0.25) is 9.36 Å². The molecule has 0 spiro atoms. The smallest absolute Gasteiger partial charge is 0.237 e. The first-order valence-electron chi connectivity index (χ1n) is 9.43. The Balaban J connectivity index is 1.65. The summed E-state index contributed by atoms with van der Waals surface area (Å²) in [5.41, 5.74) is 0.760. The van der Waals surface area contributed by atoms with Crippen LogP contribution in [-0.2, 0) is 17.9 Å². The maximum Gasteiger partial charge on any atom is 0.237 e. The van der Waals surface area contributed by atoms with E-state index in [-0.39, 0.29) is 17.8 Å². The van der Waals surface area contributed by atoms with Crippen molar-refractivity contribution in [3.05, 3.63) is 73.1 Å². The number of carbonyl (C=O) groups is 1. The Bertz CT molecular complexity index is 974. The molecule has 1 unspecified atom stereocenters. The normalized spacial score (nSPS) is 11.5. The van der Waals surface area contributed by atoms with E-state index in [4.69, 9.17) is 9.47 Å². The highest BCUT2D eigenvalue weighted by Crippen LogP contribution is 2.24. The van der Waals surface area contributed by atoms with Crippen LogP contribution in [0.15, 0.2) is 72.4 Å². The molecule has 3 aromatic rings. The third-order valence-electron chi connectivity index (χ3n) is 4.23. The molecule has 7 nitrogen and oxygen atoms in total. The van der Waals surface area contributed by atoms with E-state index in [9.17, 15) is 4.79 Å². The number of aromatic nitrogens is 3. The van der Waals surface area contributed by atoms with Crippen molar-refractivity contribution >= 4 is 23.4 Å². The van der Waals surface area contributed by atoms with E-state index in [1.54, 1.807) is 13.2 Å². The van der Waals surface area contributed by atoms with Crippen molar-refractivity contribution in [3.8, 4) is 11.5 Å². The van der Waals surface area contributed by atoms with E-state index in [0.717, 1.165) is 11.4 Å². The number of anilines is 1. The summed E-state index contributed by atoms with van der Waals surface area (Å²) in [5.74, 6) is 2.02. The maximum atomic E-state index is 12.5. The highest BCUT2D eigenvalue weighted by atomic mass is 32.2. The molecule has 0 fully saturated rings. The van der Waals surface area contributed by atoms with Crippen LogP contribution >= 0.6 is 11.8 Å². The minimum Gasteiger partial charge on any atom is -0.497 e. The number of rotatable bonds is 10. The average Bonchev–Trinajstić information content (AvgIpc) is 3.14. The second-order valence-corrected chi connectivity index (χ2v) is 7.69. The monoisotopic (exact) mass is 424 g/mol. The summed E-state index contributed by atoms with van der Waals surface area (Å²) >= 11 is 1.34. The van der Waals surface area contributed by atoms with Gasteiger partial charge in [0.1, 0.15) is 18.1 Å². The molecule has 0 aliphatic heterocycles. The van der Waals surface area contributed by atoms with Gasteiger partial charge in [-0.2, -0.15) is 0 Å². The van der Waals surface area contributed by atoms with Gasteiger partial charge < -0.3 is 14.8 Å². The van der Waals surface area contributed by atoms with Crippen LogP contribution in [-0.4, -0.2) is 33.0 Å². The molecule has 156 valence electrons. The minimum atomic E-state index is -0.353. The molecule has 0 radical (unpaired) electrons. The van der Waals surface area contributed by atoms with Crippen LogP contribution in [0, 0.1) is 0 Å². The molecular weight excluding hydrogens is 400 g/mol. The molecule has 8 heteroatoms. The highest BCUT2D eigenvalue weighted by molar-refractivity contribution is 8.00. The van der Waals surface area contributed by atoms with Crippen LogP contribution in [0.5, 0.6) is 11.5 Å². The molecule has 1 atom stereocenters. The predicted octanol–water partition coefficient (Wildman–Crippen LogP) is 4.17. The largest absolute Gasteiger partial charge is 0.497 e. The van der Waals surface area contributed by atoms with Gasteiger partial charge in [-0.1, -0.05) is 36.0 Å². The van der Waals surface area contributed by atoms with Gasteiger partial charge in [-0.15, -0.1) is 16.8 Å². The Morgan fingerprint density at radius 1 is 1.17 bits per heavy atom. The van der Waals surface area contributed by atoms with E-state index in [2.05, 4.69) is 22.1 Å². The summed E-state index contributed by atoms with van der Waals surface area (Å²) in [6, 6.07) is 16.7. The second-order valence-electron chi connectivity index (χ2n) is 6.38. The van der Waals surface area contributed by atoms with Crippen LogP contribution in [0.1, 0.15) is 12.7 Å². The first-order chi connectivity index (χ1) is 14.6. The Morgan fingerprint density at radius 2 is 1.87 bits per heavy atom. The molecule has 0 saturated carbocycles. The lowest BCUT2D eigenvalue weighted by atomic mass is 10.3. The molecule has 30 heavy (non-hydrogen) atoms. The van der Waals surface area contributed by atoms with Crippen molar-refractivity contribution in [3.63, 3.8) is 0 Å². The highest BCUT2D eigenvalue weighted by Gasteiger charge is 2.20. The minimum absolute atomic E-state index is 0.101. The number of hydrogen-bond donors (Lipinski definition) is 1. The summed E-state index contributed by atoms with van der Waals surface area (Å²) in [6.45, 7) is 6.41. The van der Waals surface area contributed by atoms with Crippen molar-refractivity contribution in [1.29, 1.82) is 0 Å². The summed E-state index contributed by atoms with van der Waals surface area (Å²) < 4.78 is 12.9. The van der Waals surface area contributed by atoms with Gasteiger partial charge >= 0.3 is 0 Å². The first kappa shape index (κ1) is 21.4. The van der Waals surface area contributed by atoms with Gasteiger partial charge in [0.2, 0.25) is 5.91 Å². The zero-order valence-electron chi connectivity index (χ0n) is 16.9. The Labute approximate surface area is 180 Å². The molecule has 0 saturated heterocycles. The molecular formula is C22H24N4O3S. The molecule has 2 aromatic carbocycles. The van der Waals surface area contributed by atoms with Crippen LogP contribution in [0.25, 0.3) is 0 Å². The maximum absolute atomic E-state index is 12.5. The van der Waals surface area contributed by atoms with Gasteiger partial charge in [0, 0.05) is 12.2 Å². The third kappa shape index (κ3) is 5.64. The molecule has 1 N–H and O–H groups in total. The summed E-state index contributed by atoms with van der Waals surface area (Å²) in [4.78, 5) is 12.5. The van der Waals surface area contributed by atoms with Crippen molar-refractivity contribution in [2.75, 3.05) is 12.4 Å². The molecule has 1 heterocycles. The quantitative estimate of drug-likeness (QED) is 0.389. The zero-order chi connectivity index (χ0) is 21.3. The number of nitrogens with one attached hydrogen (secondary N) is 1. The van der Waals surface area contributed by atoms with E-state index in [1.807, 2.05) is 66.1 Å². The number of ether oxygens (including phenoxy) is 2. The number of allylic oxidation sites excluding steroid dienone is 1. The molecule has 1 aromatic heterocycles. The standard InChI is InChI=1S/C22H24N4O3S/c1-4-14-26-20(15-29-19-12-10-18(28-3)11-13-19)24-25-22(26)30-16(2)21(27)23-17-8-6-5-7-9-17/h4-13,16H,1,14-15H2,2-3H3,(H,23,27). The summed E-state index contributed by atoms with van der Waals surface area (Å²) in [5, 5.41) is 11.7. The fourth-order valence-corrected chi connectivity index (χ4v) is 3.50. The molecule has 0 aliphatic rings. The molecule has 0 bridgehead atoms. The van der Waals surface area contributed by atoms with E-state index >= 15 is 0 Å². The van der Waals surface area contributed by atoms with E-state index in [0.29, 0.717) is 23.3 Å². The summed E-state index contributed by atoms with van der Waals surface area (Å²) in [6.07, 6.45) is 1.76. The van der Waals surface area contributed by atoms with Gasteiger partial charge in [-0.25, -0.2) is 0 Å². The third-order valence-corrected chi connectivity index (χ3v) is 5.31. The van der Waals surface area contributed by atoms with Gasteiger partial charge in [0.15, 0.2) is 11.0 Å². The number of benzene rings is 2. The zero-order valence-corrected chi connectivity index (χ0v) is 17.8. The fraction of sp³-hybridized carbons (Fsp3) is 0.227. The predicted molar refractivity (Wildman–Crippen MR) is 118 cm³/mol. The number of methoxy groups -OCH3 is 1. The lowest BCUT2D eigenvalue weighted by Gasteiger charge is -2.13. The number of nitrogens with zero attached hydrogens (tertiary/aromatic N) is 3. The summed E-state index contributed by atoms with van der Waals surface area (Å²) in [7, 11) is 1.62. The van der Waals surface area contributed by atoms with Crippen molar-refractivity contribution in [2.45, 2.75) is 30.5 Å². The number of carbonyl (C=O) groups excluding carboxylic acids is 1. The van der Waals surface area contributed by atoms with Gasteiger partial charge in [0.25, 0.3) is 0 Å². The Morgan fingerprint density at radius 3 is 2.53 bits per heavy atom. The van der Waals surface area contributed by atoms with Gasteiger partial charge in [-0.05, 0) is 43.3 Å². The van der Waals surface area contributed by atoms with Crippen LogP contribution in [0.4, 0.5) is 5.69 Å². The lowest BCUT2D eigenvalue weighted by Crippen LogP contribution is -2.23. The Kier molecular flexibility index (Phi) is 7.51. The van der Waals surface area contributed by atoms with Gasteiger partial charge in [0.05, 0.1) is 12.4 Å². The van der Waals surface area contributed by atoms with E-state index in [1.165, 1.54) is 11.8 Å². The van der Waals surface area contributed by atoms with Crippen LogP contribution in [0.3, 0.4) is 0 Å². The molecule has 3 rings (SSSR count). The first-order valence-corrected chi connectivity index (χ1v) is 10.3. The van der Waals surface area contributed by atoms with Crippen molar-refractivity contribution < 1.29 is 14.3 Å². The number of amides is 1. The van der Waals surface area contributed by atoms with Crippen LogP contribution in [0.2, 0.25) is 0 Å². The Hall–Kier alpha value is -3.26. The molecule has 1 amide bonds. The van der Waals surface area contributed by atoms with E-state index < -0.39 is 0 Å². The fourth-order valence-electron chi connectivity index (χ4n) is 2.62. The topological polar surface area (TPSA) is 78.3 Å².